The van der Waals surface area contributed by atoms with Gasteiger partial charge in [0.2, 0.25) is 0 Å². The minimum atomic E-state index is -0.220. The molecular weight excluding hydrogens is 298 g/mol. The van der Waals surface area contributed by atoms with E-state index < -0.39 is 0 Å². The molecule has 0 radical (unpaired) electrons. The maximum atomic E-state index is 12.4. The van der Waals surface area contributed by atoms with Crippen molar-refractivity contribution in [3.63, 3.8) is 0 Å². The largest absolute Gasteiger partial charge is 0.496 e. The van der Waals surface area contributed by atoms with Crippen LogP contribution in [0.3, 0.4) is 0 Å². The maximum absolute atomic E-state index is 12.4. The van der Waals surface area contributed by atoms with Gasteiger partial charge in [0.1, 0.15) is 5.75 Å². The van der Waals surface area contributed by atoms with Crippen molar-refractivity contribution < 1.29 is 9.53 Å². The third kappa shape index (κ3) is 3.80. The fourth-order valence-corrected chi connectivity index (χ4v) is 2.43. The van der Waals surface area contributed by atoms with Crippen molar-refractivity contribution in [3.05, 3.63) is 64.7 Å². The van der Waals surface area contributed by atoms with Crippen molar-refractivity contribution >= 4 is 17.5 Å². The number of halogens is 1. The molecule has 0 atom stereocenters. The second kappa shape index (κ2) is 6.84. The summed E-state index contributed by atoms with van der Waals surface area (Å²) >= 11 is 6.05. The zero-order valence-electron chi connectivity index (χ0n) is 13.0. The van der Waals surface area contributed by atoms with Gasteiger partial charge in [0, 0.05) is 17.0 Å². The van der Waals surface area contributed by atoms with Gasteiger partial charge in [-0.2, -0.15) is 0 Å². The molecule has 0 unspecified atom stereocenters. The summed E-state index contributed by atoms with van der Waals surface area (Å²) in [5.41, 5.74) is 1.40. The van der Waals surface area contributed by atoms with Crippen LogP contribution in [0.4, 0.5) is 0 Å². The number of carbonyl (C=O) groups excluding carboxylic acids is 1. The van der Waals surface area contributed by atoms with Crippen LogP contribution < -0.4 is 10.1 Å². The Morgan fingerprint density at radius 3 is 2.59 bits per heavy atom. The van der Waals surface area contributed by atoms with Gasteiger partial charge in [-0.15, -0.1) is 0 Å². The second-order valence-electron chi connectivity index (χ2n) is 5.78. The van der Waals surface area contributed by atoms with Crippen molar-refractivity contribution in [2.45, 2.75) is 19.3 Å². The van der Waals surface area contributed by atoms with Gasteiger partial charge in [0.15, 0.2) is 0 Å². The first-order valence-electron chi connectivity index (χ1n) is 7.11. The first kappa shape index (κ1) is 16.4. The van der Waals surface area contributed by atoms with Crippen LogP contribution in [0.2, 0.25) is 5.02 Å². The average Bonchev–Trinajstić information content (AvgIpc) is 2.52. The molecule has 116 valence electrons. The highest BCUT2D eigenvalue weighted by molar-refractivity contribution is 6.30. The molecule has 0 aliphatic carbocycles. The quantitative estimate of drug-likeness (QED) is 0.903. The van der Waals surface area contributed by atoms with Crippen LogP contribution >= 0.6 is 11.6 Å². The summed E-state index contributed by atoms with van der Waals surface area (Å²) in [4.78, 5) is 12.4. The summed E-state index contributed by atoms with van der Waals surface area (Å²) in [6.07, 6.45) is 0. The number of rotatable bonds is 5. The van der Waals surface area contributed by atoms with Gasteiger partial charge in [0.05, 0.1) is 12.7 Å². The number of ether oxygens (including phenoxy) is 1. The lowest BCUT2D eigenvalue weighted by atomic mass is 9.84. The number of hydrogen-bond donors (Lipinski definition) is 1. The molecule has 2 aromatic carbocycles. The van der Waals surface area contributed by atoms with E-state index in [0.29, 0.717) is 22.9 Å². The first-order chi connectivity index (χ1) is 10.4. The second-order valence-corrected chi connectivity index (χ2v) is 6.21. The highest BCUT2D eigenvalue weighted by Crippen LogP contribution is 2.25. The minimum Gasteiger partial charge on any atom is -0.496 e. The topological polar surface area (TPSA) is 38.3 Å². The highest BCUT2D eigenvalue weighted by Gasteiger charge is 2.22. The molecule has 0 bridgehead atoms. The molecule has 0 aromatic heterocycles. The lowest BCUT2D eigenvalue weighted by Gasteiger charge is -2.26. The smallest absolute Gasteiger partial charge is 0.255 e. The maximum Gasteiger partial charge on any atom is 0.255 e. The van der Waals surface area contributed by atoms with E-state index in [1.54, 1.807) is 19.2 Å². The Morgan fingerprint density at radius 2 is 1.91 bits per heavy atom. The summed E-state index contributed by atoms with van der Waals surface area (Å²) in [6.45, 7) is 4.65. The van der Waals surface area contributed by atoms with Crippen molar-refractivity contribution in [1.82, 2.24) is 5.32 Å². The number of hydrogen-bond acceptors (Lipinski definition) is 2. The van der Waals surface area contributed by atoms with Crippen LogP contribution in [0.5, 0.6) is 5.75 Å². The van der Waals surface area contributed by atoms with E-state index >= 15 is 0 Å². The number of methoxy groups -OCH3 is 1. The summed E-state index contributed by atoms with van der Waals surface area (Å²) in [5, 5.41) is 3.67. The summed E-state index contributed by atoms with van der Waals surface area (Å²) in [5.74, 6) is 0.424. The number of nitrogens with one attached hydrogen (secondary N) is 1. The Hall–Kier alpha value is -2.00. The zero-order valence-corrected chi connectivity index (χ0v) is 13.8. The van der Waals surface area contributed by atoms with Crippen molar-refractivity contribution in [2.75, 3.05) is 13.7 Å². The van der Waals surface area contributed by atoms with Gasteiger partial charge in [-0.05, 0) is 29.8 Å². The van der Waals surface area contributed by atoms with E-state index in [-0.39, 0.29) is 11.3 Å². The number of carbonyl (C=O) groups is 1. The Balaban J connectivity index is 2.10. The van der Waals surface area contributed by atoms with E-state index in [1.165, 1.54) is 0 Å². The van der Waals surface area contributed by atoms with E-state index in [2.05, 4.69) is 19.2 Å². The molecule has 22 heavy (non-hydrogen) atoms. The van der Waals surface area contributed by atoms with Gasteiger partial charge in [-0.1, -0.05) is 49.7 Å². The van der Waals surface area contributed by atoms with Gasteiger partial charge in [0.25, 0.3) is 5.91 Å². The van der Waals surface area contributed by atoms with Gasteiger partial charge in [-0.3, -0.25) is 4.79 Å². The molecule has 1 N–H and O–H groups in total. The van der Waals surface area contributed by atoms with Crippen LogP contribution in [-0.4, -0.2) is 19.6 Å². The fraction of sp³-hybridized carbons (Fsp3) is 0.278. The molecule has 3 nitrogen and oxygen atoms in total. The lowest BCUT2D eigenvalue weighted by Crippen LogP contribution is -2.36. The summed E-state index contributed by atoms with van der Waals surface area (Å²) in [7, 11) is 1.56. The summed E-state index contributed by atoms with van der Waals surface area (Å²) < 4.78 is 5.22. The third-order valence-electron chi connectivity index (χ3n) is 3.65. The molecule has 0 heterocycles. The lowest BCUT2D eigenvalue weighted by molar-refractivity contribution is 0.0942. The van der Waals surface area contributed by atoms with Crippen LogP contribution in [0.15, 0.2) is 48.5 Å². The monoisotopic (exact) mass is 317 g/mol. The van der Waals surface area contributed by atoms with Crippen LogP contribution in [0.25, 0.3) is 0 Å². The minimum absolute atomic E-state index is 0.146. The molecule has 4 heteroatoms. The number of amides is 1. The Morgan fingerprint density at radius 1 is 1.18 bits per heavy atom. The van der Waals surface area contributed by atoms with E-state index in [9.17, 15) is 4.79 Å². The standard InChI is InChI=1S/C18H20ClNO2/c1-18(2,13-7-6-8-14(19)11-13)12-20-17(21)15-9-4-5-10-16(15)22-3/h4-11H,12H2,1-3H3,(H,20,21). The highest BCUT2D eigenvalue weighted by atomic mass is 35.5. The molecule has 2 rings (SSSR count). The SMILES string of the molecule is COc1ccccc1C(=O)NCC(C)(C)c1cccc(Cl)c1. The van der Waals surface area contributed by atoms with E-state index in [4.69, 9.17) is 16.3 Å². The molecule has 0 fully saturated rings. The Labute approximate surface area is 136 Å². The van der Waals surface area contributed by atoms with Crippen LogP contribution in [0, 0.1) is 0 Å². The predicted molar refractivity (Wildman–Crippen MR) is 89.8 cm³/mol. The fourth-order valence-electron chi connectivity index (χ4n) is 2.24. The van der Waals surface area contributed by atoms with Crippen LogP contribution in [-0.2, 0) is 5.41 Å². The molecular formula is C18H20ClNO2. The van der Waals surface area contributed by atoms with Crippen LogP contribution in [0.1, 0.15) is 29.8 Å². The van der Waals surface area contributed by atoms with Gasteiger partial charge < -0.3 is 10.1 Å². The first-order valence-corrected chi connectivity index (χ1v) is 7.49. The molecule has 1 amide bonds. The normalized spacial score (nSPS) is 11.1. The molecule has 0 saturated carbocycles. The molecule has 0 aliphatic rings. The average molecular weight is 318 g/mol. The van der Waals surface area contributed by atoms with E-state index in [1.807, 2.05) is 36.4 Å². The Bertz CT molecular complexity index is 668. The molecule has 2 aromatic rings. The Kier molecular flexibility index (Phi) is 5.09. The van der Waals surface area contributed by atoms with Crippen molar-refractivity contribution in [1.29, 1.82) is 0 Å². The molecule has 0 aliphatic heterocycles. The summed E-state index contributed by atoms with van der Waals surface area (Å²) in [6, 6.07) is 14.9. The zero-order chi connectivity index (χ0) is 16.2. The van der Waals surface area contributed by atoms with Crippen molar-refractivity contribution in [2.24, 2.45) is 0 Å². The van der Waals surface area contributed by atoms with E-state index in [0.717, 1.165) is 5.56 Å². The third-order valence-corrected chi connectivity index (χ3v) is 3.88. The van der Waals surface area contributed by atoms with Crippen molar-refractivity contribution in [3.8, 4) is 5.75 Å². The van der Waals surface area contributed by atoms with Gasteiger partial charge in [-0.25, -0.2) is 0 Å². The number of para-hydroxylation sites is 1. The number of benzene rings is 2. The predicted octanol–water partition coefficient (Wildman–Crippen LogP) is 4.06. The van der Waals surface area contributed by atoms with Gasteiger partial charge >= 0.3 is 0 Å². The molecule has 0 saturated heterocycles. The molecule has 0 spiro atoms.